The molecular formula is C16H21N3O6. The lowest BCUT2D eigenvalue weighted by Crippen LogP contribution is -2.40. The number of rotatable bonds is 8. The molecule has 1 amide bonds. The van der Waals surface area contributed by atoms with E-state index < -0.39 is 11.0 Å². The summed E-state index contributed by atoms with van der Waals surface area (Å²) in [5.41, 5.74) is 3.87. The number of carboxylic acid groups (broad SMARTS) is 1. The molecule has 0 aromatic heterocycles. The number of non-ortho nitro benzene ring substituents is 1. The largest absolute Gasteiger partial charge is 0.465 e. The number of nitrogens with one attached hydrogen (secondary N) is 1. The van der Waals surface area contributed by atoms with Gasteiger partial charge in [0.15, 0.2) is 0 Å². The van der Waals surface area contributed by atoms with Crippen molar-refractivity contribution in [3.05, 3.63) is 46.5 Å². The third-order valence-electron chi connectivity index (χ3n) is 3.87. The van der Waals surface area contributed by atoms with Crippen molar-refractivity contribution in [2.75, 3.05) is 26.3 Å². The molecule has 0 aliphatic carbocycles. The molecule has 25 heavy (non-hydrogen) atoms. The fourth-order valence-corrected chi connectivity index (χ4v) is 2.45. The molecule has 1 aliphatic heterocycles. The molecule has 1 fully saturated rings. The SMILES string of the molecule is C=C(NOCCOC1CCN(C(=O)O)CC1)c1ccc([N+](=O)[O-])cc1. The third kappa shape index (κ3) is 5.73. The highest BCUT2D eigenvalue weighted by molar-refractivity contribution is 5.65. The predicted molar refractivity (Wildman–Crippen MR) is 89.8 cm³/mol. The summed E-state index contributed by atoms with van der Waals surface area (Å²) >= 11 is 0. The number of nitrogens with zero attached hydrogens (tertiary/aromatic N) is 2. The Kier molecular flexibility index (Phi) is 6.72. The van der Waals surface area contributed by atoms with Crippen LogP contribution in [0.4, 0.5) is 10.5 Å². The minimum absolute atomic E-state index is 0.0137. The lowest BCUT2D eigenvalue weighted by atomic mass is 10.1. The number of nitro groups is 1. The second-order valence-electron chi connectivity index (χ2n) is 5.57. The van der Waals surface area contributed by atoms with E-state index in [1.54, 1.807) is 12.1 Å². The van der Waals surface area contributed by atoms with E-state index in [1.165, 1.54) is 17.0 Å². The first-order valence-corrected chi connectivity index (χ1v) is 7.88. The number of likely N-dealkylation sites (tertiary alicyclic amines) is 1. The van der Waals surface area contributed by atoms with Gasteiger partial charge in [0, 0.05) is 25.2 Å². The number of benzene rings is 1. The molecule has 1 aliphatic rings. The fraction of sp³-hybridized carbons (Fsp3) is 0.438. The van der Waals surface area contributed by atoms with Gasteiger partial charge in [-0.15, -0.1) is 0 Å². The van der Waals surface area contributed by atoms with Crippen LogP contribution in [-0.2, 0) is 9.57 Å². The summed E-state index contributed by atoms with van der Waals surface area (Å²) in [7, 11) is 0. The Bertz CT molecular complexity index is 611. The van der Waals surface area contributed by atoms with Crippen LogP contribution >= 0.6 is 0 Å². The molecular weight excluding hydrogens is 330 g/mol. The van der Waals surface area contributed by atoms with E-state index in [1.807, 2.05) is 0 Å². The van der Waals surface area contributed by atoms with Gasteiger partial charge in [-0.2, -0.15) is 0 Å². The summed E-state index contributed by atoms with van der Waals surface area (Å²) in [5, 5.41) is 19.5. The standard InChI is InChI=1S/C16H21N3O6/c1-12(13-2-4-14(5-3-13)19(22)23)17-25-11-10-24-15-6-8-18(9-7-15)16(20)21/h2-5,15,17H,1,6-11H2,(H,20,21). The van der Waals surface area contributed by atoms with Gasteiger partial charge in [0.2, 0.25) is 0 Å². The second kappa shape index (κ2) is 9.00. The molecule has 0 radical (unpaired) electrons. The molecule has 0 unspecified atom stereocenters. The van der Waals surface area contributed by atoms with Crippen molar-refractivity contribution in [2.24, 2.45) is 0 Å². The summed E-state index contributed by atoms with van der Waals surface area (Å²) < 4.78 is 5.65. The van der Waals surface area contributed by atoms with Crippen molar-refractivity contribution in [2.45, 2.75) is 18.9 Å². The Balaban J connectivity index is 1.60. The predicted octanol–water partition coefficient (Wildman–Crippen LogP) is 2.25. The summed E-state index contributed by atoms with van der Waals surface area (Å²) in [6.45, 7) is 5.44. The van der Waals surface area contributed by atoms with Gasteiger partial charge in [-0.25, -0.2) is 4.79 Å². The zero-order valence-electron chi connectivity index (χ0n) is 13.7. The average molecular weight is 351 g/mol. The van der Waals surface area contributed by atoms with E-state index in [4.69, 9.17) is 14.7 Å². The molecule has 1 aromatic rings. The van der Waals surface area contributed by atoms with Crippen molar-refractivity contribution in [1.29, 1.82) is 0 Å². The molecule has 0 spiro atoms. The molecule has 1 heterocycles. The molecule has 1 saturated heterocycles. The van der Waals surface area contributed by atoms with Crippen LogP contribution in [-0.4, -0.2) is 53.4 Å². The van der Waals surface area contributed by atoms with Gasteiger partial charge in [-0.1, -0.05) is 6.58 Å². The van der Waals surface area contributed by atoms with Crippen molar-refractivity contribution in [1.82, 2.24) is 10.4 Å². The van der Waals surface area contributed by atoms with Crippen molar-refractivity contribution in [3.63, 3.8) is 0 Å². The minimum Gasteiger partial charge on any atom is -0.465 e. The van der Waals surface area contributed by atoms with E-state index in [2.05, 4.69) is 12.1 Å². The number of hydroxylamine groups is 1. The van der Waals surface area contributed by atoms with Crippen LogP contribution in [0.5, 0.6) is 0 Å². The van der Waals surface area contributed by atoms with Crippen LogP contribution in [0.1, 0.15) is 18.4 Å². The maximum absolute atomic E-state index is 10.8. The second-order valence-corrected chi connectivity index (χ2v) is 5.57. The number of hydrogen-bond donors (Lipinski definition) is 2. The molecule has 136 valence electrons. The van der Waals surface area contributed by atoms with E-state index >= 15 is 0 Å². The van der Waals surface area contributed by atoms with Crippen molar-refractivity contribution >= 4 is 17.5 Å². The zero-order valence-corrected chi connectivity index (χ0v) is 13.7. The van der Waals surface area contributed by atoms with Crippen LogP contribution in [0.2, 0.25) is 0 Å². The Morgan fingerprint density at radius 3 is 2.52 bits per heavy atom. The van der Waals surface area contributed by atoms with Crippen molar-refractivity contribution < 1.29 is 24.4 Å². The Morgan fingerprint density at radius 1 is 1.32 bits per heavy atom. The Labute approximate surface area is 144 Å². The monoisotopic (exact) mass is 351 g/mol. The molecule has 9 heteroatoms. The average Bonchev–Trinajstić information content (AvgIpc) is 2.61. The van der Waals surface area contributed by atoms with Crippen LogP contribution in [0.3, 0.4) is 0 Å². The third-order valence-corrected chi connectivity index (χ3v) is 3.87. The van der Waals surface area contributed by atoms with Gasteiger partial charge < -0.3 is 14.7 Å². The first kappa shape index (κ1) is 18.7. The summed E-state index contributed by atoms with van der Waals surface area (Å²) in [6.07, 6.45) is 0.498. The van der Waals surface area contributed by atoms with Gasteiger partial charge in [0.1, 0.15) is 0 Å². The minimum atomic E-state index is -0.893. The molecule has 0 saturated carbocycles. The van der Waals surface area contributed by atoms with Crippen LogP contribution in [0.25, 0.3) is 5.70 Å². The normalized spacial score (nSPS) is 15.0. The Morgan fingerprint density at radius 2 is 1.96 bits per heavy atom. The van der Waals surface area contributed by atoms with Gasteiger partial charge in [-0.05, 0) is 30.5 Å². The van der Waals surface area contributed by atoms with E-state index in [0.717, 1.165) is 0 Å². The lowest BCUT2D eigenvalue weighted by molar-refractivity contribution is -0.384. The Hall–Kier alpha value is -2.65. The summed E-state index contributed by atoms with van der Waals surface area (Å²) in [6, 6.07) is 5.97. The van der Waals surface area contributed by atoms with E-state index in [9.17, 15) is 14.9 Å². The maximum Gasteiger partial charge on any atom is 0.407 e. The molecule has 0 bridgehead atoms. The van der Waals surface area contributed by atoms with E-state index in [-0.39, 0.29) is 11.8 Å². The smallest absolute Gasteiger partial charge is 0.407 e. The number of ether oxygens (including phenoxy) is 1. The number of amides is 1. The number of piperidine rings is 1. The maximum atomic E-state index is 10.8. The number of carbonyl (C=O) groups is 1. The highest BCUT2D eigenvalue weighted by Crippen LogP contribution is 2.16. The number of nitro benzene ring substituents is 1. The first-order valence-electron chi connectivity index (χ1n) is 7.88. The zero-order chi connectivity index (χ0) is 18.2. The molecule has 2 rings (SSSR count). The number of hydrogen-bond acceptors (Lipinski definition) is 6. The highest BCUT2D eigenvalue weighted by atomic mass is 16.7. The lowest BCUT2D eigenvalue weighted by Gasteiger charge is -2.29. The topological polar surface area (TPSA) is 114 Å². The molecule has 1 aromatic carbocycles. The molecule has 0 atom stereocenters. The summed E-state index contributed by atoms with van der Waals surface area (Å²) in [4.78, 5) is 27.6. The van der Waals surface area contributed by atoms with Crippen LogP contribution in [0, 0.1) is 10.1 Å². The molecule has 2 N–H and O–H groups in total. The van der Waals surface area contributed by atoms with Gasteiger partial charge >= 0.3 is 6.09 Å². The van der Waals surface area contributed by atoms with Gasteiger partial charge in [0.25, 0.3) is 5.69 Å². The van der Waals surface area contributed by atoms with Crippen LogP contribution in [0.15, 0.2) is 30.8 Å². The van der Waals surface area contributed by atoms with E-state index in [0.29, 0.717) is 50.4 Å². The molecule has 9 nitrogen and oxygen atoms in total. The quantitative estimate of drug-likeness (QED) is 0.419. The van der Waals surface area contributed by atoms with Gasteiger partial charge in [0.05, 0.1) is 29.9 Å². The van der Waals surface area contributed by atoms with Crippen LogP contribution < -0.4 is 5.48 Å². The fourth-order valence-electron chi connectivity index (χ4n) is 2.45. The first-order chi connectivity index (χ1) is 12.0. The highest BCUT2D eigenvalue weighted by Gasteiger charge is 2.22. The van der Waals surface area contributed by atoms with Crippen molar-refractivity contribution in [3.8, 4) is 0 Å². The summed E-state index contributed by atoms with van der Waals surface area (Å²) in [5.74, 6) is 0. The van der Waals surface area contributed by atoms with Gasteiger partial charge in [-0.3, -0.25) is 20.4 Å².